The van der Waals surface area contributed by atoms with Gasteiger partial charge in [-0.2, -0.15) is 0 Å². The molecule has 0 aliphatic heterocycles. The van der Waals surface area contributed by atoms with Gasteiger partial charge in [0.1, 0.15) is 0 Å². The second-order valence-electron chi connectivity index (χ2n) is 4.02. The minimum atomic E-state index is 0.238. The Hall–Kier alpha value is 0.766. The van der Waals surface area contributed by atoms with Crippen molar-refractivity contribution < 1.29 is 0 Å². The van der Waals surface area contributed by atoms with Gasteiger partial charge in [0.25, 0.3) is 0 Å². The van der Waals surface area contributed by atoms with Crippen LogP contribution in [-0.2, 0) is 0 Å². The average Bonchev–Trinajstić information content (AvgIpc) is 1.87. The van der Waals surface area contributed by atoms with Crippen molar-refractivity contribution in [3.8, 4) is 0 Å². The zero-order valence-corrected chi connectivity index (χ0v) is 10.1. The van der Waals surface area contributed by atoms with Crippen molar-refractivity contribution in [2.75, 3.05) is 0 Å². The second kappa shape index (κ2) is 7.42. The van der Waals surface area contributed by atoms with Crippen LogP contribution in [0.5, 0.6) is 0 Å². The Morgan fingerprint density at radius 2 is 1.27 bits per heavy atom. The van der Waals surface area contributed by atoms with E-state index < -0.39 is 0 Å². The van der Waals surface area contributed by atoms with E-state index >= 15 is 0 Å². The Morgan fingerprint density at radius 3 is 1.55 bits per heavy atom. The van der Waals surface area contributed by atoms with Crippen LogP contribution >= 0.6 is 0 Å². The maximum absolute atomic E-state index is 2.45. The molecule has 64 valence electrons. The summed E-state index contributed by atoms with van der Waals surface area (Å²) in [6.45, 7) is 9.49. The summed E-state index contributed by atoms with van der Waals surface area (Å²) in [5.41, 5.74) is 0. The smallest absolute Gasteiger partial charge is 0.137 e. The Balaban J connectivity index is 3.32. The Kier molecular flexibility index (Phi) is 7.93. The van der Waals surface area contributed by atoms with Gasteiger partial charge >= 0.3 is 20.4 Å². The molecule has 0 radical (unpaired) electrons. The van der Waals surface area contributed by atoms with Gasteiger partial charge in [0.05, 0.1) is 0 Å². The van der Waals surface area contributed by atoms with E-state index in [1.807, 2.05) is 0 Å². The maximum Gasteiger partial charge on any atom is 0.372 e. The summed E-state index contributed by atoms with van der Waals surface area (Å²) in [7, 11) is 0. The molecule has 0 N–H and O–H groups in total. The lowest BCUT2D eigenvalue weighted by Gasteiger charge is -2.13. The van der Waals surface area contributed by atoms with Crippen molar-refractivity contribution in [3.05, 3.63) is 0 Å². The van der Waals surface area contributed by atoms with E-state index in [1.165, 1.54) is 25.7 Å². The van der Waals surface area contributed by atoms with Crippen LogP contribution in [0.25, 0.3) is 0 Å². The highest BCUT2D eigenvalue weighted by atomic mass is 24.5. The SMILES string of the molecule is CCC[CH](C)[Mg][CH](C)CCC. The first-order chi connectivity index (χ1) is 5.20. The largest absolute Gasteiger partial charge is 0.372 e. The summed E-state index contributed by atoms with van der Waals surface area (Å²) in [5.74, 6) is 0. The number of rotatable bonds is 6. The normalized spacial score (nSPS) is 15.6. The highest BCUT2D eigenvalue weighted by molar-refractivity contribution is 6.39. The fourth-order valence-electron chi connectivity index (χ4n) is 1.91. The Labute approximate surface area is 81.9 Å². The highest BCUT2D eigenvalue weighted by Crippen LogP contribution is 2.20. The molecule has 0 aliphatic rings. The van der Waals surface area contributed by atoms with Crippen LogP contribution in [0.2, 0.25) is 8.09 Å². The van der Waals surface area contributed by atoms with Gasteiger partial charge in [-0.25, -0.2) is 0 Å². The molecule has 11 heavy (non-hydrogen) atoms. The molecule has 0 rings (SSSR count). The monoisotopic (exact) mass is 166 g/mol. The van der Waals surface area contributed by atoms with Gasteiger partial charge in [-0.05, 0) is 0 Å². The van der Waals surface area contributed by atoms with Gasteiger partial charge in [0.15, 0.2) is 0 Å². The van der Waals surface area contributed by atoms with E-state index in [0.717, 1.165) is 8.09 Å². The molecule has 0 aromatic rings. The molecule has 0 spiro atoms. The van der Waals surface area contributed by atoms with E-state index in [0.29, 0.717) is 0 Å². The molecule has 1 heteroatoms. The van der Waals surface area contributed by atoms with Crippen molar-refractivity contribution in [1.29, 1.82) is 0 Å². The number of hydrogen-bond donors (Lipinski definition) is 0. The van der Waals surface area contributed by atoms with Crippen LogP contribution in [-0.4, -0.2) is 20.4 Å². The topological polar surface area (TPSA) is 0 Å². The molecule has 0 bridgehead atoms. The van der Waals surface area contributed by atoms with Crippen LogP contribution in [0.4, 0.5) is 0 Å². The zero-order valence-electron chi connectivity index (χ0n) is 8.69. The summed E-state index contributed by atoms with van der Waals surface area (Å²) in [4.78, 5) is 0. The quantitative estimate of drug-likeness (QED) is 0.525. The predicted molar refractivity (Wildman–Crippen MR) is 54.4 cm³/mol. The summed E-state index contributed by atoms with van der Waals surface area (Å²) in [5, 5.41) is 0. The molecule has 0 amide bonds. The van der Waals surface area contributed by atoms with Gasteiger partial charge in [-0.15, -0.1) is 8.09 Å². The average molecular weight is 167 g/mol. The maximum atomic E-state index is 2.45. The summed E-state index contributed by atoms with van der Waals surface area (Å²) in [6, 6.07) is 0. The van der Waals surface area contributed by atoms with E-state index in [9.17, 15) is 0 Å². The minimum Gasteiger partial charge on any atom is -0.137 e. The van der Waals surface area contributed by atoms with Crippen LogP contribution in [0, 0.1) is 0 Å². The van der Waals surface area contributed by atoms with Crippen LogP contribution in [0.3, 0.4) is 0 Å². The van der Waals surface area contributed by atoms with Crippen molar-refractivity contribution in [1.82, 2.24) is 0 Å². The molecular formula is C10H22Mg. The van der Waals surface area contributed by atoms with Gasteiger partial charge < -0.3 is 0 Å². The molecule has 0 saturated heterocycles. The lowest BCUT2D eigenvalue weighted by atomic mass is 10.2. The van der Waals surface area contributed by atoms with E-state index in [1.54, 1.807) is 0 Å². The molecule has 2 atom stereocenters. The fourth-order valence-corrected chi connectivity index (χ4v) is 4.57. The van der Waals surface area contributed by atoms with Crippen LogP contribution < -0.4 is 0 Å². The summed E-state index contributed by atoms with van der Waals surface area (Å²) >= 11 is 0.238. The molecule has 2 unspecified atom stereocenters. The van der Waals surface area contributed by atoms with Gasteiger partial charge in [0, 0.05) is 0 Å². The predicted octanol–water partition coefficient (Wildman–Crippen LogP) is 3.91. The minimum absolute atomic E-state index is 0.238. The van der Waals surface area contributed by atoms with Crippen molar-refractivity contribution >= 4 is 20.4 Å². The first kappa shape index (κ1) is 11.8. The van der Waals surface area contributed by atoms with Crippen LogP contribution in [0.1, 0.15) is 53.4 Å². The van der Waals surface area contributed by atoms with Crippen LogP contribution in [0.15, 0.2) is 0 Å². The molecule has 0 aliphatic carbocycles. The molecular weight excluding hydrogens is 144 g/mol. The van der Waals surface area contributed by atoms with E-state index in [-0.39, 0.29) is 20.4 Å². The number of hydrogen-bond acceptors (Lipinski definition) is 0. The van der Waals surface area contributed by atoms with E-state index in [4.69, 9.17) is 0 Å². The zero-order chi connectivity index (χ0) is 8.69. The fraction of sp³-hybridized carbons (Fsp3) is 1.00. The van der Waals surface area contributed by atoms with Crippen molar-refractivity contribution in [3.63, 3.8) is 0 Å². The lowest BCUT2D eigenvalue weighted by molar-refractivity contribution is 0.715. The second-order valence-corrected chi connectivity index (χ2v) is 7.28. The van der Waals surface area contributed by atoms with Crippen molar-refractivity contribution in [2.24, 2.45) is 0 Å². The highest BCUT2D eigenvalue weighted by Gasteiger charge is 2.11. The van der Waals surface area contributed by atoms with Gasteiger partial charge in [-0.3, -0.25) is 0 Å². The Morgan fingerprint density at radius 1 is 0.909 bits per heavy atom. The lowest BCUT2D eigenvalue weighted by Crippen LogP contribution is -2.05. The first-order valence-electron chi connectivity index (χ1n) is 5.20. The third kappa shape index (κ3) is 7.14. The third-order valence-electron chi connectivity index (χ3n) is 2.37. The standard InChI is InChI=1S/2C5H11.Mg/c2*1-3-5-4-2;/h2*3H,4-5H2,1-2H3;. The molecule has 0 fully saturated rings. The first-order valence-corrected chi connectivity index (χ1v) is 6.83. The molecule has 0 aromatic heterocycles. The van der Waals surface area contributed by atoms with E-state index in [2.05, 4.69) is 27.7 Å². The summed E-state index contributed by atoms with van der Waals surface area (Å²) in [6.07, 6.45) is 5.71. The van der Waals surface area contributed by atoms with Gasteiger partial charge in [0.2, 0.25) is 0 Å². The molecule has 0 aromatic carbocycles. The third-order valence-corrected chi connectivity index (χ3v) is 4.79. The molecule has 0 nitrogen and oxygen atoms in total. The summed E-state index contributed by atoms with van der Waals surface area (Å²) < 4.78 is 2.17. The molecule has 0 saturated carbocycles. The van der Waals surface area contributed by atoms with Gasteiger partial charge in [-0.1, -0.05) is 53.4 Å². The Bertz CT molecular complexity index is 70.9. The molecule has 0 heterocycles. The van der Waals surface area contributed by atoms with Crippen molar-refractivity contribution in [2.45, 2.75) is 61.5 Å².